The maximum absolute atomic E-state index is 12.4. The van der Waals surface area contributed by atoms with Gasteiger partial charge < -0.3 is 0 Å². The monoisotopic (exact) mass is 230 g/mol. The lowest BCUT2D eigenvalue weighted by atomic mass is 10.0. The van der Waals surface area contributed by atoms with Gasteiger partial charge in [-0.25, -0.2) is 5.43 Å². The number of carbonyl (C=O) groups excluding carboxylic acids is 1. The first kappa shape index (κ1) is 10.9. The summed E-state index contributed by atoms with van der Waals surface area (Å²) in [5.41, 5.74) is 4.74. The van der Waals surface area contributed by atoms with Crippen LogP contribution >= 0.6 is 0 Å². The van der Waals surface area contributed by atoms with Gasteiger partial charge in [-0.05, 0) is 17.7 Å². The molecule has 16 heavy (non-hydrogen) atoms. The minimum atomic E-state index is -4.36. The van der Waals surface area contributed by atoms with Crippen molar-refractivity contribution in [3.05, 3.63) is 35.4 Å². The molecule has 0 aliphatic carbocycles. The van der Waals surface area contributed by atoms with Crippen LogP contribution < -0.4 is 10.9 Å². The Bertz CT molecular complexity index is 417. The molecule has 1 atom stereocenters. The van der Waals surface area contributed by atoms with Crippen LogP contribution in [0.5, 0.6) is 0 Å². The Labute approximate surface area is 89.6 Å². The lowest BCUT2D eigenvalue weighted by Gasteiger charge is -2.12. The van der Waals surface area contributed by atoms with E-state index in [4.69, 9.17) is 0 Å². The molecule has 1 aliphatic heterocycles. The van der Waals surface area contributed by atoms with Crippen molar-refractivity contribution < 1.29 is 18.0 Å². The molecule has 1 aromatic rings. The summed E-state index contributed by atoms with van der Waals surface area (Å²) < 4.78 is 37.3. The predicted octanol–water partition coefficient (Wildman–Crippen LogP) is 1.77. The van der Waals surface area contributed by atoms with E-state index in [9.17, 15) is 18.0 Å². The zero-order valence-electron chi connectivity index (χ0n) is 8.14. The molecule has 0 radical (unpaired) electrons. The number of rotatable bonds is 1. The molecule has 1 aliphatic rings. The number of alkyl halides is 3. The summed E-state index contributed by atoms with van der Waals surface area (Å²) in [6, 6.07) is 4.57. The lowest BCUT2D eigenvalue weighted by molar-refractivity contribution is -0.137. The Balaban J connectivity index is 2.26. The standard InChI is InChI=1S/C10H9F3N2O/c11-10(12,13)7-3-1-2-6(4-7)8-5-9(16)15-14-8/h1-4,8,14H,5H2,(H,15,16). The second-order valence-corrected chi connectivity index (χ2v) is 3.57. The van der Waals surface area contributed by atoms with E-state index in [0.717, 1.165) is 12.1 Å². The highest BCUT2D eigenvalue weighted by Gasteiger charge is 2.31. The van der Waals surface area contributed by atoms with Gasteiger partial charge in [0.2, 0.25) is 5.91 Å². The first-order chi connectivity index (χ1) is 7.47. The van der Waals surface area contributed by atoms with Crippen molar-refractivity contribution in [2.75, 3.05) is 0 Å². The fourth-order valence-corrected chi connectivity index (χ4v) is 1.59. The minimum absolute atomic E-state index is 0.154. The van der Waals surface area contributed by atoms with Crippen molar-refractivity contribution in [3.63, 3.8) is 0 Å². The lowest BCUT2D eigenvalue weighted by Crippen LogP contribution is -2.27. The average molecular weight is 230 g/mol. The van der Waals surface area contributed by atoms with Gasteiger partial charge in [0.1, 0.15) is 0 Å². The van der Waals surface area contributed by atoms with Crippen LogP contribution in [0.3, 0.4) is 0 Å². The molecule has 1 aromatic carbocycles. The van der Waals surface area contributed by atoms with E-state index < -0.39 is 17.8 Å². The molecule has 0 bridgehead atoms. The molecule has 0 spiro atoms. The molecule has 1 fully saturated rings. The summed E-state index contributed by atoms with van der Waals surface area (Å²) in [6.07, 6.45) is -4.20. The van der Waals surface area contributed by atoms with Crippen LogP contribution in [0.4, 0.5) is 13.2 Å². The molecule has 0 aromatic heterocycles. The first-order valence-corrected chi connectivity index (χ1v) is 4.68. The number of benzene rings is 1. The number of amides is 1. The van der Waals surface area contributed by atoms with Gasteiger partial charge in [-0.15, -0.1) is 0 Å². The number of hydrogen-bond acceptors (Lipinski definition) is 2. The molecule has 0 saturated carbocycles. The van der Waals surface area contributed by atoms with E-state index in [0.29, 0.717) is 5.56 Å². The Hall–Kier alpha value is -1.56. The molecule has 1 saturated heterocycles. The van der Waals surface area contributed by atoms with Crippen molar-refractivity contribution in [3.8, 4) is 0 Å². The van der Waals surface area contributed by atoms with Gasteiger partial charge in [0, 0.05) is 6.42 Å². The van der Waals surface area contributed by atoms with E-state index in [1.54, 1.807) is 6.07 Å². The van der Waals surface area contributed by atoms with Crippen LogP contribution in [0.15, 0.2) is 24.3 Å². The van der Waals surface area contributed by atoms with Crippen LogP contribution in [0.1, 0.15) is 23.6 Å². The summed E-state index contributed by atoms with van der Waals surface area (Å²) in [5.74, 6) is -0.220. The molecule has 1 heterocycles. The third kappa shape index (κ3) is 2.16. The highest BCUT2D eigenvalue weighted by molar-refractivity contribution is 5.78. The highest BCUT2D eigenvalue weighted by Crippen LogP contribution is 2.31. The van der Waals surface area contributed by atoms with Crippen LogP contribution in [-0.4, -0.2) is 5.91 Å². The van der Waals surface area contributed by atoms with E-state index in [1.165, 1.54) is 6.07 Å². The highest BCUT2D eigenvalue weighted by atomic mass is 19.4. The van der Waals surface area contributed by atoms with Gasteiger partial charge >= 0.3 is 6.18 Å². The maximum atomic E-state index is 12.4. The zero-order chi connectivity index (χ0) is 11.8. The van der Waals surface area contributed by atoms with Crippen LogP contribution in [-0.2, 0) is 11.0 Å². The fourth-order valence-electron chi connectivity index (χ4n) is 1.59. The van der Waals surface area contributed by atoms with Crippen molar-refractivity contribution in [1.82, 2.24) is 10.9 Å². The minimum Gasteiger partial charge on any atom is -0.291 e. The number of hydrazine groups is 1. The molecular formula is C10H9F3N2O. The van der Waals surface area contributed by atoms with Crippen molar-refractivity contribution in [2.45, 2.75) is 18.6 Å². The summed E-state index contributed by atoms with van der Waals surface area (Å²) in [4.78, 5) is 10.9. The molecular weight excluding hydrogens is 221 g/mol. The largest absolute Gasteiger partial charge is 0.416 e. The summed E-state index contributed by atoms with van der Waals surface area (Å²) >= 11 is 0. The SMILES string of the molecule is O=C1CC(c2cccc(C(F)(F)F)c2)NN1. The van der Waals surface area contributed by atoms with Gasteiger partial charge in [-0.3, -0.25) is 10.2 Å². The molecule has 1 amide bonds. The summed E-state index contributed by atoms with van der Waals surface area (Å²) in [6.45, 7) is 0. The second-order valence-electron chi connectivity index (χ2n) is 3.57. The van der Waals surface area contributed by atoms with E-state index in [1.807, 2.05) is 0 Å². The molecule has 3 nitrogen and oxygen atoms in total. The van der Waals surface area contributed by atoms with E-state index in [-0.39, 0.29) is 12.3 Å². The molecule has 2 N–H and O–H groups in total. The van der Waals surface area contributed by atoms with Gasteiger partial charge in [-0.2, -0.15) is 13.2 Å². The second kappa shape index (κ2) is 3.79. The van der Waals surface area contributed by atoms with Crippen molar-refractivity contribution >= 4 is 5.91 Å². The van der Waals surface area contributed by atoms with Gasteiger partial charge in [0.25, 0.3) is 0 Å². The zero-order valence-corrected chi connectivity index (χ0v) is 8.14. The smallest absolute Gasteiger partial charge is 0.291 e. The summed E-state index contributed by atoms with van der Waals surface area (Å²) in [5, 5.41) is 0. The molecule has 2 rings (SSSR count). The Morgan fingerprint density at radius 3 is 2.62 bits per heavy atom. The van der Waals surface area contributed by atoms with Crippen LogP contribution in [0.2, 0.25) is 0 Å². The van der Waals surface area contributed by atoms with E-state index >= 15 is 0 Å². The van der Waals surface area contributed by atoms with Gasteiger partial charge in [-0.1, -0.05) is 12.1 Å². The van der Waals surface area contributed by atoms with Crippen LogP contribution in [0, 0.1) is 0 Å². The van der Waals surface area contributed by atoms with Crippen LogP contribution in [0.25, 0.3) is 0 Å². The Morgan fingerprint density at radius 1 is 1.31 bits per heavy atom. The molecule has 6 heteroatoms. The van der Waals surface area contributed by atoms with Crippen molar-refractivity contribution in [2.24, 2.45) is 0 Å². The fraction of sp³-hybridized carbons (Fsp3) is 0.300. The summed E-state index contributed by atoms with van der Waals surface area (Å²) in [7, 11) is 0. The molecule has 1 unspecified atom stereocenters. The van der Waals surface area contributed by atoms with Crippen molar-refractivity contribution in [1.29, 1.82) is 0 Å². The number of nitrogens with one attached hydrogen (secondary N) is 2. The number of carbonyl (C=O) groups is 1. The number of hydrogen-bond donors (Lipinski definition) is 2. The van der Waals surface area contributed by atoms with Gasteiger partial charge in [0.05, 0.1) is 11.6 Å². The first-order valence-electron chi connectivity index (χ1n) is 4.68. The van der Waals surface area contributed by atoms with E-state index in [2.05, 4.69) is 10.9 Å². The third-order valence-corrected chi connectivity index (χ3v) is 2.39. The third-order valence-electron chi connectivity index (χ3n) is 2.39. The normalized spacial score (nSPS) is 20.9. The Morgan fingerprint density at radius 2 is 2.06 bits per heavy atom. The topological polar surface area (TPSA) is 41.1 Å². The Kier molecular flexibility index (Phi) is 2.59. The average Bonchev–Trinajstić information content (AvgIpc) is 2.64. The maximum Gasteiger partial charge on any atom is 0.416 e. The predicted molar refractivity (Wildman–Crippen MR) is 50.1 cm³/mol. The van der Waals surface area contributed by atoms with Gasteiger partial charge in [0.15, 0.2) is 0 Å². The quantitative estimate of drug-likeness (QED) is 0.772. The molecule has 86 valence electrons. The number of halogens is 3.